The van der Waals surface area contributed by atoms with Crippen LogP contribution in [0.4, 0.5) is 0 Å². The quantitative estimate of drug-likeness (QED) is 0.223. The molecule has 19 atom stereocenters. The minimum Gasteiger partial charge on any atom is -0.396 e. The van der Waals surface area contributed by atoms with Gasteiger partial charge >= 0.3 is 0 Å². The Morgan fingerprint density at radius 2 is 1.58 bits per heavy atom. The van der Waals surface area contributed by atoms with Crippen molar-refractivity contribution in [1.29, 1.82) is 0 Å². The number of fused-ring (bicyclic) bond motifs is 6. The van der Waals surface area contributed by atoms with Gasteiger partial charge in [-0.2, -0.15) is 0 Å². The third-order valence-corrected chi connectivity index (χ3v) is 16.1. The summed E-state index contributed by atoms with van der Waals surface area (Å²) in [5.41, 5.74) is -0.414. The van der Waals surface area contributed by atoms with Gasteiger partial charge in [0.2, 0.25) is 0 Å². The Kier molecular flexibility index (Phi) is 10.9. The molecule has 6 unspecified atom stereocenters. The lowest BCUT2D eigenvalue weighted by Crippen LogP contribution is -2.67. The van der Waals surface area contributed by atoms with Gasteiger partial charge in [0.15, 0.2) is 18.9 Å². The molecule has 1 aromatic rings. The van der Waals surface area contributed by atoms with Gasteiger partial charge in [0.25, 0.3) is 0 Å². The summed E-state index contributed by atoms with van der Waals surface area (Å²) >= 11 is 0. The first-order valence-corrected chi connectivity index (χ1v) is 21.1. The van der Waals surface area contributed by atoms with Crippen LogP contribution in [0.2, 0.25) is 0 Å². The Labute approximate surface area is 316 Å². The molecule has 53 heavy (non-hydrogen) atoms. The zero-order valence-electron chi connectivity index (χ0n) is 32.6. The molecule has 4 saturated carbocycles. The molecule has 7 fully saturated rings. The second-order valence-corrected chi connectivity index (χ2v) is 18.5. The second kappa shape index (κ2) is 15.0. The van der Waals surface area contributed by atoms with Crippen LogP contribution < -0.4 is 0 Å². The molecular weight excluding hydrogens is 676 g/mol. The number of hydrogen-bond acceptors (Lipinski definition) is 10. The van der Waals surface area contributed by atoms with Gasteiger partial charge in [-0.25, -0.2) is 0 Å². The predicted octanol–water partition coefficient (Wildman–Crippen LogP) is 6.02. The van der Waals surface area contributed by atoms with E-state index in [1.165, 1.54) is 0 Å². The van der Waals surface area contributed by atoms with Crippen LogP contribution in [-0.4, -0.2) is 94.0 Å². The summed E-state index contributed by atoms with van der Waals surface area (Å²) in [5, 5.41) is 45.8. The van der Waals surface area contributed by atoms with Crippen LogP contribution in [0.25, 0.3) is 0 Å². The van der Waals surface area contributed by atoms with E-state index in [2.05, 4.69) is 20.8 Å². The standard InChI is InChI=1S/C43H66O10/c1-6-26(16-19-44)30-15-18-43(47)31-13-12-28-20-29(14-17-41(28,4)32(31)21-35(46)42(30,43)5)50-36-22-33(45)38(24(2)48-36)52-37-23-34-39(25(3)49-37)53-40(51-34)27-10-8-7-9-11-27/h7-11,24-26,28-40,44-47H,6,12-23H2,1-5H3/t24?,25?,26?,28-,29+,30-,31-,32+,33-,34-,35-,36+,37+,38?,39?,40?,41+,42+,43+/m1/s1. The summed E-state index contributed by atoms with van der Waals surface area (Å²) in [6.45, 7) is 10.8. The Balaban J connectivity index is 0.858. The van der Waals surface area contributed by atoms with Crippen molar-refractivity contribution >= 4 is 0 Å². The fourth-order valence-electron chi connectivity index (χ4n) is 13.2. The van der Waals surface area contributed by atoms with E-state index in [1.807, 2.05) is 44.2 Å². The highest BCUT2D eigenvalue weighted by molar-refractivity contribution is 5.20. The van der Waals surface area contributed by atoms with Crippen molar-refractivity contribution < 1.29 is 48.8 Å². The van der Waals surface area contributed by atoms with Gasteiger partial charge in [-0.3, -0.25) is 0 Å². The number of benzene rings is 1. The zero-order valence-corrected chi connectivity index (χ0v) is 32.6. The molecule has 8 rings (SSSR count). The van der Waals surface area contributed by atoms with Crippen LogP contribution in [0, 0.1) is 40.4 Å². The van der Waals surface area contributed by atoms with Gasteiger partial charge in [0, 0.05) is 30.4 Å². The maximum Gasteiger partial charge on any atom is 0.184 e. The van der Waals surface area contributed by atoms with E-state index in [0.29, 0.717) is 24.7 Å². The van der Waals surface area contributed by atoms with Crippen molar-refractivity contribution in [1.82, 2.24) is 0 Å². The summed E-state index contributed by atoms with van der Waals surface area (Å²) in [4.78, 5) is 0. The third-order valence-electron chi connectivity index (χ3n) is 16.1. The Hall–Kier alpha value is -1.18. The van der Waals surface area contributed by atoms with Crippen molar-refractivity contribution in [3.63, 3.8) is 0 Å². The zero-order chi connectivity index (χ0) is 37.3. The molecule has 3 saturated heterocycles. The molecule has 1 aromatic carbocycles. The van der Waals surface area contributed by atoms with E-state index in [9.17, 15) is 20.4 Å². The lowest BCUT2D eigenvalue weighted by Gasteiger charge is -2.65. The fraction of sp³-hybridized carbons (Fsp3) is 0.860. The van der Waals surface area contributed by atoms with Crippen molar-refractivity contribution in [3.8, 4) is 0 Å². The van der Waals surface area contributed by atoms with Gasteiger partial charge in [0.1, 0.15) is 12.2 Å². The molecule has 0 radical (unpaired) electrons. The average molecular weight is 743 g/mol. The van der Waals surface area contributed by atoms with Crippen LogP contribution in [0.3, 0.4) is 0 Å². The first-order valence-electron chi connectivity index (χ1n) is 21.1. The fourth-order valence-corrected chi connectivity index (χ4v) is 13.2. The molecule has 4 N–H and O–H groups in total. The Bertz CT molecular complexity index is 1390. The highest BCUT2D eigenvalue weighted by Gasteiger charge is 2.70. The number of hydrogen-bond donors (Lipinski definition) is 4. The van der Waals surface area contributed by atoms with Crippen molar-refractivity contribution in [3.05, 3.63) is 35.9 Å². The van der Waals surface area contributed by atoms with Crippen LogP contribution in [0.5, 0.6) is 0 Å². The molecule has 298 valence electrons. The van der Waals surface area contributed by atoms with Crippen LogP contribution in [-0.2, 0) is 28.4 Å². The van der Waals surface area contributed by atoms with Gasteiger partial charge in [-0.1, -0.05) is 57.5 Å². The Morgan fingerprint density at radius 3 is 2.32 bits per heavy atom. The number of ether oxygens (including phenoxy) is 6. The monoisotopic (exact) mass is 742 g/mol. The first kappa shape index (κ1) is 38.7. The van der Waals surface area contributed by atoms with Gasteiger partial charge < -0.3 is 48.8 Å². The molecule has 4 aliphatic carbocycles. The summed E-state index contributed by atoms with van der Waals surface area (Å²) in [7, 11) is 0. The van der Waals surface area contributed by atoms with Crippen molar-refractivity contribution in [2.24, 2.45) is 40.4 Å². The molecule has 3 heterocycles. The molecule has 0 bridgehead atoms. The van der Waals surface area contributed by atoms with Crippen molar-refractivity contribution in [2.75, 3.05) is 6.61 Å². The molecule has 0 spiro atoms. The SMILES string of the molecule is CCC(CCO)[C@H]1CC[C@]2(O)[C@@H]3CC[C@@H]4C[C@@H](O[C@H]5C[C@@H](O)C(O[C@H]6C[C@H]7OC(c8ccccc8)OC7C(C)O6)C(C)O5)CC[C@]4(C)[C@H]3C[C@@H](O)[C@]12C. The molecule has 0 amide bonds. The molecule has 3 aliphatic heterocycles. The first-order chi connectivity index (χ1) is 25.4. The largest absolute Gasteiger partial charge is 0.396 e. The number of aliphatic hydroxyl groups excluding tert-OH is 3. The second-order valence-electron chi connectivity index (χ2n) is 18.5. The van der Waals surface area contributed by atoms with Crippen LogP contribution in [0.15, 0.2) is 30.3 Å². The maximum absolute atomic E-state index is 12.7. The molecule has 0 aromatic heterocycles. The maximum atomic E-state index is 12.7. The summed E-state index contributed by atoms with van der Waals surface area (Å²) in [6, 6.07) is 9.94. The van der Waals surface area contributed by atoms with Gasteiger partial charge in [0.05, 0.1) is 42.2 Å². The average Bonchev–Trinajstić information content (AvgIpc) is 3.70. The highest BCUT2D eigenvalue weighted by Crippen LogP contribution is 2.70. The topological polar surface area (TPSA) is 136 Å². The van der Waals surface area contributed by atoms with Gasteiger partial charge in [-0.05, 0) is 107 Å². The summed E-state index contributed by atoms with van der Waals surface area (Å²) in [5.74, 6) is 1.43. The highest BCUT2D eigenvalue weighted by atomic mass is 16.8. The molecule has 10 heteroatoms. The van der Waals surface area contributed by atoms with E-state index in [0.717, 1.165) is 69.8 Å². The normalized spacial score (nSPS) is 51.5. The Morgan fingerprint density at radius 1 is 0.830 bits per heavy atom. The lowest BCUT2D eigenvalue weighted by atomic mass is 9.42. The van der Waals surface area contributed by atoms with E-state index in [4.69, 9.17) is 28.4 Å². The third kappa shape index (κ3) is 6.57. The summed E-state index contributed by atoms with van der Waals surface area (Å²) in [6.07, 6.45) is 5.47. The number of aliphatic hydroxyl groups is 4. The molecule has 10 nitrogen and oxygen atoms in total. The van der Waals surface area contributed by atoms with E-state index in [1.54, 1.807) is 0 Å². The summed E-state index contributed by atoms with van der Waals surface area (Å²) < 4.78 is 38.2. The van der Waals surface area contributed by atoms with Gasteiger partial charge in [-0.15, -0.1) is 0 Å². The molecule has 7 aliphatic rings. The molecular formula is C43H66O10. The van der Waals surface area contributed by atoms with E-state index in [-0.39, 0.29) is 60.3 Å². The lowest BCUT2D eigenvalue weighted by molar-refractivity contribution is -0.314. The van der Waals surface area contributed by atoms with E-state index < -0.39 is 48.2 Å². The minimum absolute atomic E-state index is 0.0264. The van der Waals surface area contributed by atoms with Crippen LogP contribution in [0.1, 0.15) is 124 Å². The van der Waals surface area contributed by atoms with E-state index >= 15 is 0 Å². The number of rotatable bonds is 9. The predicted molar refractivity (Wildman–Crippen MR) is 196 cm³/mol. The smallest absolute Gasteiger partial charge is 0.184 e. The van der Waals surface area contributed by atoms with Crippen LogP contribution >= 0.6 is 0 Å². The minimum atomic E-state index is -0.879. The van der Waals surface area contributed by atoms with Crippen molar-refractivity contribution in [2.45, 2.75) is 185 Å².